The Morgan fingerprint density at radius 1 is 1.32 bits per heavy atom. The zero-order chi connectivity index (χ0) is 15.9. The summed E-state index contributed by atoms with van der Waals surface area (Å²) in [6, 6.07) is 5.74. The van der Waals surface area contributed by atoms with Gasteiger partial charge in [-0.3, -0.25) is 0 Å². The predicted octanol–water partition coefficient (Wildman–Crippen LogP) is 3.40. The maximum Gasteiger partial charge on any atom is 0.314 e. The van der Waals surface area contributed by atoms with Crippen molar-refractivity contribution >= 4 is 29.2 Å². The van der Waals surface area contributed by atoms with E-state index in [1.165, 1.54) is 5.56 Å². The number of rotatable bonds is 4. The Hall–Kier alpha value is -0.970. The minimum absolute atomic E-state index is 0.111. The Morgan fingerprint density at radius 3 is 2.86 bits per heavy atom. The SMILES string of the molecule is CCNC(=O)NCC1CNCCCC1c1ccc(Cl)c(Cl)c1. The van der Waals surface area contributed by atoms with Crippen LogP contribution in [-0.4, -0.2) is 32.2 Å². The number of amides is 2. The average molecular weight is 344 g/mol. The van der Waals surface area contributed by atoms with Gasteiger partial charge >= 0.3 is 6.03 Å². The van der Waals surface area contributed by atoms with Gasteiger partial charge in [-0.2, -0.15) is 0 Å². The fourth-order valence-corrected chi connectivity index (χ4v) is 3.26. The molecule has 1 aromatic rings. The number of carbonyl (C=O) groups excluding carboxylic acids is 1. The van der Waals surface area contributed by atoms with Crippen molar-refractivity contribution in [2.75, 3.05) is 26.2 Å². The topological polar surface area (TPSA) is 53.2 Å². The monoisotopic (exact) mass is 343 g/mol. The molecular weight excluding hydrogens is 321 g/mol. The van der Waals surface area contributed by atoms with E-state index < -0.39 is 0 Å². The van der Waals surface area contributed by atoms with Crippen LogP contribution in [0.3, 0.4) is 0 Å². The molecule has 122 valence electrons. The highest BCUT2D eigenvalue weighted by Crippen LogP contribution is 2.34. The lowest BCUT2D eigenvalue weighted by Crippen LogP contribution is -2.41. The highest BCUT2D eigenvalue weighted by molar-refractivity contribution is 6.42. The quantitative estimate of drug-likeness (QED) is 0.784. The molecule has 1 fully saturated rings. The molecule has 0 spiro atoms. The van der Waals surface area contributed by atoms with E-state index in [2.05, 4.69) is 16.0 Å². The predicted molar refractivity (Wildman–Crippen MR) is 91.9 cm³/mol. The van der Waals surface area contributed by atoms with Crippen LogP contribution < -0.4 is 16.0 Å². The molecule has 2 atom stereocenters. The Morgan fingerprint density at radius 2 is 2.14 bits per heavy atom. The summed E-state index contributed by atoms with van der Waals surface area (Å²) in [5.74, 6) is 0.703. The normalized spacial score (nSPS) is 22.0. The fourth-order valence-electron chi connectivity index (χ4n) is 2.96. The standard InChI is InChI=1S/C16H23Cl2N3O/c1-2-20-16(22)21-10-12-9-19-7-3-4-13(12)11-5-6-14(17)15(18)8-11/h5-6,8,12-13,19H,2-4,7,9-10H2,1H3,(H2,20,21,22). The largest absolute Gasteiger partial charge is 0.338 e. The van der Waals surface area contributed by atoms with Crippen molar-refractivity contribution in [1.29, 1.82) is 0 Å². The second-order valence-electron chi connectivity index (χ2n) is 5.63. The first-order valence-electron chi connectivity index (χ1n) is 7.79. The molecule has 1 heterocycles. The Labute approximate surface area is 141 Å². The Kier molecular flexibility index (Phi) is 6.80. The van der Waals surface area contributed by atoms with Crippen LogP contribution in [0.15, 0.2) is 18.2 Å². The van der Waals surface area contributed by atoms with Crippen molar-refractivity contribution in [3.63, 3.8) is 0 Å². The maximum absolute atomic E-state index is 11.6. The summed E-state index contributed by atoms with van der Waals surface area (Å²) in [7, 11) is 0. The fraction of sp³-hybridized carbons (Fsp3) is 0.562. The van der Waals surface area contributed by atoms with E-state index in [1.807, 2.05) is 25.1 Å². The summed E-state index contributed by atoms with van der Waals surface area (Å²) in [5.41, 5.74) is 1.20. The van der Waals surface area contributed by atoms with Gasteiger partial charge in [0.2, 0.25) is 0 Å². The number of nitrogens with one attached hydrogen (secondary N) is 3. The molecule has 0 bridgehead atoms. The van der Waals surface area contributed by atoms with Crippen LogP contribution in [0.5, 0.6) is 0 Å². The van der Waals surface area contributed by atoms with Crippen molar-refractivity contribution in [3.8, 4) is 0 Å². The number of carbonyl (C=O) groups is 1. The summed E-state index contributed by atoms with van der Waals surface area (Å²) < 4.78 is 0. The first kappa shape index (κ1) is 17.4. The smallest absolute Gasteiger partial charge is 0.314 e. The van der Waals surface area contributed by atoms with Crippen molar-refractivity contribution in [2.24, 2.45) is 5.92 Å². The first-order valence-corrected chi connectivity index (χ1v) is 8.54. The summed E-state index contributed by atoms with van der Waals surface area (Å²) >= 11 is 12.2. The third kappa shape index (κ3) is 4.77. The first-order chi connectivity index (χ1) is 10.6. The van der Waals surface area contributed by atoms with Gasteiger partial charge in [-0.15, -0.1) is 0 Å². The van der Waals surface area contributed by atoms with Gasteiger partial charge in [0.05, 0.1) is 10.0 Å². The molecular formula is C16H23Cl2N3O. The molecule has 1 aromatic carbocycles. The van der Waals surface area contributed by atoms with Gasteiger partial charge in [0.25, 0.3) is 0 Å². The molecule has 0 saturated carbocycles. The number of hydrogen-bond donors (Lipinski definition) is 3. The Bertz CT molecular complexity index is 510. The maximum atomic E-state index is 11.6. The molecule has 4 nitrogen and oxygen atoms in total. The van der Waals surface area contributed by atoms with E-state index in [4.69, 9.17) is 23.2 Å². The van der Waals surface area contributed by atoms with E-state index in [0.29, 0.717) is 35.0 Å². The molecule has 2 unspecified atom stereocenters. The second-order valence-corrected chi connectivity index (χ2v) is 6.44. The molecule has 0 aliphatic carbocycles. The lowest BCUT2D eigenvalue weighted by molar-refractivity contribution is 0.238. The van der Waals surface area contributed by atoms with Crippen LogP contribution in [0.1, 0.15) is 31.2 Å². The molecule has 3 N–H and O–H groups in total. The summed E-state index contributed by atoms with van der Waals surface area (Å²) in [6.07, 6.45) is 2.19. The lowest BCUT2D eigenvalue weighted by Gasteiger charge is -2.26. The second kappa shape index (κ2) is 8.61. The molecule has 1 saturated heterocycles. The number of halogens is 2. The third-order valence-corrected chi connectivity index (χ3v) is 4.82. The van der Waals surface area contributed by atoms with E-state index in [1.54, 1.807) is 0 Å². The van der Waals surface area contributed by atoms with Gasteiger partial charge in [-0.25, -0.2) is 4.79 Å². The van der Waals surface area contributed by atoms with Crippen LogP contribution in [0.4, 0.5) is 4.79 Å². The molecule has 22 heavy (non-hydrogen) atoms. The van der Waals surface area contributed by atoms with Gasteiger partial charge in [0.1, 0.15) is 0 Å². The van der Waals surface area contributed by atoms with Gasteiger partial charge in [0.15, 0.2) is 0 Å². The third-order valence-electron chi connectivity index (χ3n) is 4.08. The van der Waals surface area contributed by atoms with Gasteiger partial charge < -0.3 is 16.0 Å². The number of hydrogen-bond acceptors (Lipinski definition) is 2. The van der Waals surface area contributed by atoms with Gasteiger partial charge in [-0.05, 0) is 55.8 Å². The molecule has 0 radical (unpaired) electrons. The van der Waals surface area contributed by atoms with Crippen molar-refractivity contribution in [2.45, 2.75) is 25.7 Å². The van der Waals surface area contributed by atoms with Crippen molar-refractivity contribution in [3.05, 3.63) is 33.8 Å². The highest BCUT2D eigenvalue weighted by Gasteiger charge is 2.26. The minimum atomic E-state index is -0.111. The molecule has 2 rings (SSSR count). The molecule has 0 aromatic heterocycles. The van der Waals surface area contributed by atoms with Gasteiger partial charge in [0, 0.05) is 19.6 Å². The lowest BCUT2D eigenvalue weighted by atomic mass is 9.83. The van der Waals surface area contributed by atoms with Crippen molar-refractivity contribution < 1.29 is 4.79 Å². The minimum Gasteiger partial charge on any atom is -0.338 e. The molecule has 1 aliphatic rings. The van der Waals surface area contributed by atoms with Crippen LogP contribution >= 0.6 is 23.2 Å². The molecule has 6 heteroatoms. The van der Waals surface area contributed by atoms with E-state index in [0.717, 1.165) is 25.9 Å². The van der Waals surface area contributed by atoms with Crippen LogP contribution in [0, 0.1) is 5.92 Å². The van der Waals surface area contributed by atoms with Gasteiger partial charge in [-0.1, -0.05) is 29.3 Å². The zero-order valence-electron chi connectivity index (χ0n) is 12.8. The van der Waals surface area contributed by atoms with Crippen molar-refractivity contribution in [1.82, 2.24) is 16.0 Å². The van der Waals surface area contributed by atoms with E-state index in [9.17, 15) is 4.79 Å². The number of urea groups is 1. The van der Waals surface area contributed by atoms with E-state index in [-0.39, 0.29) is 6.03 Å². The van der Waals surface area contributed by atoms with Crippen LogP contribution in [0.2, 0.25) is 10.0 Å². The summed E-state index contributed by atoms with van der Waals surface area (Å²) in [6.45, 7) is 5.08. The summed E-state index contributed by atoms with van der Waals surface area (Å²) in [4.78, 5) is 11.6. The summed E-state index contributed by atoms with van der Waals surface area (Å²) in [5, 5.41) is 10.3. The molecule has 1 aliphatic heterocycles. The Balaban J connectivity index is 2.09. The molecule has 2 amide bonds. The van der Waals surface area contributed by atoms with Crippen LogP contribution in [-0.2, 0) is 0 Å². The zero-order valence-corrected chi connectivity index (χ0v) is 14.3. The highest BCUT2D eigenvalue weighted by atomic mass is 35.5. The van der Waals surface area contributed by atoms with E-state index >= 15 is 0 Å². The van der Waals surface area contributed by atoms with Crippen LogP contribution in [0.25, 0.3) is 0 Å². The number of benzene rings is 1. The average Bonchev–Trinajstić information content (AvgIpc) is 2.74.